The lowest BCUT2D eigenvalue weighted by Gasteiger charge is -1.99. The second kappa shape index (κ2) is 4.49. The van der Waals surface area contributed by atoms with Gasteiger partial charge in [-0.2, -0.15) is 0 Å². The molecule has 0 atom stereocenters. The monoisotopic (exact) mass is 276 g/mol. The van der Waals surface area contributed by atoms with Crippen LogP contribution in [-0.4, -0.2) is 21.4 Å². The van der Waals surface area contributed by atoms with E-state index in [9.17, 15) is 4.79 Å². The van der Waals surface area contributed by atoms with Crippen LogP contribution in [0.25, 0.3) is 23.0 Å². The predicted octanol–water partition coefficient (Wildman–Crippen LogP) is 2.95. The van der Waals surface area contributed by atoms with Gasteiger partial charge in [-0.25, -0.2) is 0 Å². The van der Waals surface area contributed by atoms with Gasteiger partial charge in [-0.3, -0.25) is 20.0 Å². The smallest absolute Gasteiger partial charge is 0.271 e. The number of aliphatic imine (C=N–C) groups is 1. The zero-order valence-corrected chi connectivity index (χ0v) is 11.1. The lowest BCUT2D eigenvalue weighted by Crippen LogP contribution is -2.02. The van der Waals surface area contributed by atoms with Crippen molar-refractivity contribution in [1.29, 1.82) is 0 Å². The summed E-state index contributed by atoms with van der Waals surface area (Å²) in [7, 11) is 0. The Hall–Kier alpha value is -3.08. The van der Waals surface area contributed by atoms with Crippen LogP contribution in [0.5, 0.6) is 0 Å². The zero-order valence-electron chi connectivity index (χ0n) is 11.1. The summed E-state index contributed by atoms with van der Waals surface area (Å²) >= 11 is 0. The zero-order chi connectivity index (χ0) is 14.2. The van der Waals surface area contributed by atoms with E-state index < -0.39 is 0 Å². The maximum absolute atomic E-state index is 12.0. The van der Waals surface area contributed by atoms with Crippen LogP contribution >= 0.6 is 0 Å². The van der Waals surface area contributed by atoms with Gasteiger partial charge in [0.25, 0.3) is 5.56 Å². The third-order valence-corrected chi connectivity index (χ3v) is 3.54. The Balaban J connectivity index is 1.87. The molecule has 4 rings (SSSR count). The van der Waals surface area contributed by atoms with Gasteiger partial charge in [-0.05, 0) is 24.3 Å². The van der Waals surface area contributed by atoms with Crippen LogP contribution in [0.1, 0.15) is 11.1 Å². The van der Waals surface area contributed by atoms with Crippen molar-refractivity contribution in [1.82, 2.24) is 15.2 Å². The minimum atomic E-state index is -0.148. The minimum Gasteiger partial charge on any atom is -0.360 e. The Morgan fingerprint density at radius 3 is 2.81 bits per heavy atom. The molecular weight excluding hydrogens is 264 g/mol. The first kappa shape index (κ1) is 11.7. The molecule has 0 fully saturated rings. The quantitative estimate of drug-likeness (QED) is 0.661. The van der Waals surface area contributed by atoms with Crippen molar-refractivity contribution in [3.8, 4) is 11.4 Å². The van der Waals surface area contributed by atoms with Crippen molar-refractivity contribution >= 4 is 23.6 Å². The molecule has 5 nitrogen and oxygen atoms in total. The van der Waals surface area contributed by atoms with Crippen LogP contribution in [-0.2, 0) is 0 Å². The molecule has 1 aromatic carbocycles. The van der Waals surface area contributed by atoms with Gasteiger partial charge in [0.2, 0.25) is 0 Å². The van der Waals surface area contributed by atoms with Gasteiger partial charge >= 0.3 is 0 Å². The molecule has 3 aromatic rings. The van der Waals surface area contributed by atoms with E-state index in [1.54, 1.807) is 6.21 Å². The van der Waals surface area contributed by atoms with Gasteiger partial charge in [0, 0.05) is 23.5 Å². The highest BCUT2D eigenvalue weighted by molar-refractivity contribution is 6.21. The Kier molecular flexibility index (Phi) is 2.50. The van der Waals surface area contributed by atoms with Crippen molar-refractivity contribution in [2.45, 2.75) is 0 Å². The molecule has 0 spiro atoms. The molecule has 0 saturated heterocycles. The third kappa shape index (κ3) is 1.87. The lowest BCUT2D eigenvalue weighted by molar-refractivity contribution is 1.06. The number of para-hydroxylation sites is 1. The van der Waals surface area contributed by atoms with Crippen molar-refractivity contribution in [2.75, 3.05) is 0 Å². The average molecular weight is 276 g/mol. The van der Waals surface area contributed by atoms with Gasteiger partial charge in [0.1, 0.15) is 0 Å². The van der Waals surface area contributed by atoms with E-state index in [1.807, 2.05) is 48.7 Å². The molecule has 0 amide bonds. The number of hydrogen-bond donors (Lipinski definition) is 3. The fourth-order valence-corrected chi connectivity index (χ4v) is 2.51. The number of fused-ring (bicyclic) bond motifs is 1. The van der Waals surface area contributed by atoms with Crippen LogP contribution in [0, 0.1) is 0 Å². The fraction of sp³-hybridized carbons (Fsp3) is 0. The minimum absolute atomic E-state index is 0.148. The summed E-state index contributed by atoms with van der Waals surface area (Å²) in [6, 6.07) is 11.7. The van der Waals surface area contributed by atoms with Gasteiger partial charge in [0.15, 0.2) is 0 Å². The normalized spacial score (nSPS) is 14.8. The molecular formula is C16H12N4O. The molecule has 2 aromatic heterocycles. The first-order valence-electron chi connectivity index (χ1n) is 6.62. The number of H-pyrrole nitrogens is 3. The number of nitrogens with zero attached hydrogens (tertiary/aromatic N) is 1. The number of aromatic amines is 3. The summed E-state index contributed by atoms with van der Waals surface area (Å²) in [5.74, 6) is 0. The van der Waals surface area contributed by atoms with Crippen molar-refractivity contribution in [3.05, 3.63) is 64.1 Å². The van der Waals surface area contributed by atoms with Crippen molar-refractivity contribution in [3.63, 3.8) is 0 Å². The maximum atomic E-state index is 12.0. The molecule has 0 bridgehead atoms. The molecule has 0 unspecified atom stereocenters. The highest BCUT2D eigenvalue weighted by atomic mass is 16.1. The standard InChI is InChI=1S/C16H12N4O/c21-16-12(15(19-20-16)14-6-3-7-17-14)8-10-9-18-13-5-2-1-4-11(10)13/h1-9,17H,(H2,19,20,21)/b10-8-. The molecule has 3 heterocycles. The highest BCUT2D eigenvalue weighted by Crippen LogP contribution is 2.32. The number of rotatable bonds is 2. The maximum Gasteiger partial charge on any atom is 0.271 e. The molecule has 1 aliphatic heterocycles. The average Bonchev–Trinajstić information content (AvgIpc) is 3.21. The first-order chi connectivity index (χ1) is 10.3. The molecule has 5 heteroatoms. The van der Waals surface area contributed by atoms with E-state index in [4.69, 9.17) is 0 Å². The third-order valence-electron chi connectivity index (χ3n) is 3.54. The number of allylic oxidation sites excluding steroid dienone is 1. The Morgan fingerprint density at radius 2 is 1.95 bits per heavy atom. The van der Waals surface area contributed by atoms with Crippen LogP contribution in [0.3, 0.4) is 0 Å². The second-order valence-corrected chi connectivity index (χ2v) is 4.83. The molecule has 102 valence electrons. The molecule has 0 radical (unpaired) electrons. The van der Waals surface area contributed by atoms with E-state index in [-0.39, 0.29) is 5.56 Å². The summed E-state index contributed by atoms with van der Waals surface area (Å²) in [6.07, 6.45) is 5.47. The van der Waals surface area contributed by atoms with Crippen molar-refractivity contribution < 1.29 is 0 Å². The summed E-state index contributed by atoms with van der Waals surface area (Å²) < 4.78 is 0. The van der Waals surface area contributed by atoms with Gasteiger partial charge in [-0.1, -0.05) is 18.2 Å². The molecule has 0 aliphatic carbocycles. The SMILES string of the molecule is O=c1[nH][nH]c(-c2ccc[nH]2)c1/C=C1/C=Nc2ccccc21. The lowest BCUT2D eigenvalue weighted by atomic mass is 10.0. The highest BCUT2D eigenvalue weighted by Gasteiger charge is 2.15. The predicted molar refractivity (Wildman–Crippen MR) is 83.7 cm³/mol. The summed E-state index contributed by atoms with van der Waals surface area (Å²) in [4.78, 5) is 19.5. The van der Waals surface area contributed by atoms with Gasteiger partial charge in [0.05, 0.1) is 22.6 Å². The summed E-state index contributed by atoms with van der Waals surface area (Å²) in [5.41, 5.74) is 4.95. The molecule has 1 aliphatic rings. The molecule has 21 heavy (non-hydrogen) atoms. The van der Waals surface area contributed by atoms with Crippen LogP contribution in [0.15, 0.2) is 52.4 Å². The number of nitrogens with one attached hydrogen (secondary N) is 3. The van der Waals surface area contributed by atoms with Gasteiger partial charge < -0.3 is 4.98 Å². The van der Waals surface area contributed by atoms with Crippen molar-refractivity contribution in [2.24, 2.45) is 4.99 Å². The first-order valence-corrected chi connectivity index (χ1v) is 6.62. The summed E-state index contributed by atoms with van der Waals surface area (Å²) in [6.45, 7) is 0. The summed E-state index contributed by atoms with van der Waals surface area (Å²) in [5, 5.41) is 5.55. The van der Waals surface area contributed by atoms with Crippen LogP contribution in [0.2, 0.25) is 0 Å². The Labute approximate surface area is 120 Å². The van der Waals surface area contributed by atoms with E-state index in [0.717, 1.165) is 28.2 Å². The Bertz CT molecular complexity index is 910. The second-order valence-electron chi connectivity index (χ2n) is 4.83. The molecule has 0 saturated carbocycles. The number of aromatic nitrogens is 3. The number of hydrogen-bond acceptors (Lipinski definition) is 2. The largest absolute Gasteiger partial charge is 0.360 e. The van der Waals surface area contributed by atoms with Gasteiger partial charge in [-0.15, -0.1) is 0 Å². The van der Waals surface area contributed by atoms with E-state index in [0.29, 0.717) is 5.56 Å². The fourth-order valence-electron chi connectivity index (χ4n) is 2.51. The van der Waals surface area contributed by atoms with E-state index in [1.165, 1.54) is 0 Å². The van der Waals surface area contributed by atoms with Crippen LogP contribution < -0.4 is 5.56 Å². The number of benzene rings is 1. The van der Waals surface area contributed by atoms with Crippen LogP contribution in [0.4, 0.5) is 5.69 Å². The topological polar surface area (TPSA) is 76.8 Å². The Morgan fingerprint density at radius 1 is 1.05 bits per heavy atom. The van der Waals surface area contributed by atoms with E-state index in [2.05, 4.69) is 20.2 Å². The molecule has 3 N–H and O–H groups in total. The van der Waals surface area contributed by atoms with E-state index >= 15 is 0 Å².